The molecule has 0 spiro atoms. The third-order valence-corrected chi connectivity index (χ3v) is 2.55. The lowest BCUT2D eigenvalue weighted by Crippen LogP contribution is -2.08. The zero-order valence-corrected chi connectivity index (χ0v) is 9.88. The van der Waals surface area contributed by atoms with E-state index >= 15 is 0 Å². The van der Waals surface area contributed by atoms with Crippen LogP contribution in [0.1, 0.15) is 25.3 Å². The summed E-state index contributed by atoms with van der Waals surface area (Å²) >= 11 is 0. The van der Waals surface area contributed by atoms with Gasteiger partial charge in [-0.2, -0.15) is 4.98 Å². The van der Waals surface area contributed by atoms with E-state index in [1.807, 2.05) is 31.2 Å². The fraction of sp³-hybridized carbons (Fsp3) is 0.333. The molecule has 1 heterocycles. The molecule has 90 valence electrons. The standard InChI is InChI=1S/C12H15N3O2/c1-3-10(13)12-14-11(15-17-12)8-4-6-9(16-2)7-5-8/h4-7,10H,3,13H2,1-2H3/t10-/m0/s1. The van der Waals surface area contributed by atoms with E-state index in [1.165, 1.54) is 0 Å². The van der Waals surface area contributed by atoms with Crippen LogP contribution in [0.4, 0.5) is 0 Å². The highest BCUT2D eigenvalue weighted by Gasteiger charge is 2.13. The van der Waals surface area contributed by atoms with E-state index < -0.39 is 0 Å². The fourth-order valence-corrected chi connectivity index (χ4v) is 1.42. The molecule has 0 saturated carbocycles. The van der Waals surface area contributed by atoms with Crippen molar-refractivity contribution in [3.63, 3.8) is 0 Å². The number of rotatable bonds is 4. The van der Waals surface area contributed by atoms with E-state index in [0.717, 1.165) is 17.7 Å². The number of benzene rings is 1. The van der Waals surface area contributed by atoms with Crippen molar-refractivity contribution in [1.29, 1.82) is 0 Å². The zero-order chi connectivity index (χ0) is 12.3. The Balaban J connectivity index is 2.24. The SMILES string of the molecule is CC[C@H](N)c1nc(-c2ccc(OC)cc2)no1. The molecular formula is C12H15N3O2. The van der Waals surface area contributed by atoms with Crippen molar-refractivity contribution in [2.75, 3.05) is 7.11 Å². The minimum Gasteiger partial charge on any atom is -0.497 e. The number of ether oxygens (including phenoxy) is 1. The lowest BCUT2D eigenvalue weighted by atomic mass is 10.2. The molecule has 5 heteroatoms. The fourth-order valence-electron chi connectivity index (χ4n) is 1.42. The number of aromatic nitrogens is 2. The lowest BCUT2D eigenvalue weighted by Gasteiger charge is -2.00. The number of nitrogens with zero attached hydrogens (tertiary/aromatic N) is 2. The van der Waals surface area contributed by atoms with Gasteiger partial charge in [0.05, 0.1) is 13.2 Å². The second kappa shape index (κ2) is 4.97. The monoisotopic (exact) mass is 233 g/mol. The van der Waals surface area contributed by atoms with Crippen LogP contribution in [0.2, 0.25) is 0 Å². The quantitative estimate of drug-likeness (QED) is 0.875. The molecule has 1 aromatic carbocycles. The maximum atomic E-state index is 5.82. The van der Waals surface area contributed by atoms with E-state index in [2.05, 4.69) is 10.1 Å². The van der Waals surface area contributed by atoms with Gasteiger partial charge in [-0.1, -0.05) is 12.1 Å². The minimum absolute atomic E-state index is 0.200. The van der Waals surface area contributed by atoms with Crippen molar-refractivity contribution in [2.45, 2.75) is 19.4 Å². The summed E-state index contributed by atoms with van der Waals surface area (Å²) in [6, 6.07) is 7.26. The Morgan fingerprint density at radius 1 is 1.35 bits per heavy atom. The Morgan fingerprint density at radius 3 is 2.65 bits per heavy atom. The second-order valence-corrected chi connectivity index (χ2v) is 3.70. The van der Waals surface area contributed by atoms with E-state index in [1.54, 1.807) is 7.11 Å². The number of nitrogens with two attached hydrogens (primary N) is 1. The summed E-state index contributed by atoms with van der Waals surface area (Å²) in [5, 5.41) is 3.90. The van der Waals surface area contributed by atoms with Crippen molar-refractivity contribution < 1.29 is 9.26 Å². The van der Waals surface area contributed by atoms with Crippen LogP contribution in [0.25, 0.3) is 11.4 Å². The molecule has 17 heavy (non-hydrogen) atoms. The molecule has 2 N–H and O–H groups in total. The van der Waals surface area contributed by atoms with Gasteiger partial charge in [0, 0.05) is 5.56 Å². The molecule has 2 aromatic rings. The third kappa shape index (κ3) is 2.45. The van der Waals surface area contributed by atoms with Crippen LogP contribution in [0.3, 0.4) is 0 Å². The van der Waals surface area contributed by atoms with Gasteiger partial charge in [0.2, 0.25) is 11.7 Å². The highest BCUT2D eigenvalue weighted by Crippen LogP contribution is 2.21. The Hall–Kier alpha value is -1.88. The summed E-state index contributed by atoms with van der Waals surface area (Å²) in [6.45, 7) is 1.97. The Bertz CT molecular complexity index is 479. The van der Waals surface area contributed by atoms with Crippen LogP contribution < -0.4 is 10.5 Å². The maximum absolute atomic E-state index is 5.82. The van der Waals surface area contributed by atoms with Gasteiger partial charge >= 0.3 is 0 Å². The first-order valence-electron chi connectivity index (χ1n) is 5.48. The molecule has 2 rings (SSSR count). The lowest BCUT2D eigenvalue weighted by molar-refractivity contribution is 0.352. The molecule has 0 aliphatic rings. The predicted molar refractivity (Wildman–Crippen MR) is 63.5 cm³/mol. The highest BCUT2D eigenvalue weighted by atomic mass is 16.5. The Morgan fingerprint density at radius 2 is 2.06 bits per heavy atom. The van der Waals surface area contributed by atoms with Gasteiger partial charge in [-0.05, 0) is 30.7 Å². The molecule has 0 fully saturated rings. The van der Waals surface area contributed by atoms with Gasteiger partial charge in [0.1, 0.15) is 5.75 Å². The molecule has 1 atom stereocenters. The normalized spacial score (nSPS) is 12.4. The predicted octanol–water partition coefficient (Wildman–Crippen LogP) is 2.16. The Labute approximate surface area is 99.6 Å². The van der Waals surface area contributed by atoms with Crippen LogP contribution in [0.15, 0.2) is 28.8 Å². The second-order valence-electron chi connectivity index (χ2n) is 3.70. The largest absolute Gasteiger partial charge is 0.497 e. The molecule has 0 radical (unpaired) electrons. The first-order chi connectivity index (χ1) is 8.24. The molecule has 0 bridgehead atoms. The van der Waals surface area contributed by atoms with Crippen LogP contribution in [0, 0.1) is 0 Å². The molecule has 1 aromatic heterocycles. The summed E-state index contributed by atoms with van der Waals surface area (Å²) in [4.78, 5) is 4.26. The molecule has 0 saturated heterocycles. The number of hydrogen-bond donors (Lipinski definition) is 1. The van der Waals surface area contributed by atoms with E-state index in [-0.39, 0.29) is 6.04 Å². The van der Waals surface area contributed by atoms with Crippen molar-refractivity contribution in [3.05, 3.63) is 30.2 Å². The van der Waals surface area contributed by atoms with Gasteiger partial charge in [0.15, 0.2) is 0 Å². The van der Waals surface area contributed by atoms with Gasteiger partial charge in [-0.3, -0.25) is 0 Å². The van der Waals surface area contributed by atoms with Crippen molar-refractivity contribution in [2.24, 2.45) is 5.73 Å². The Kier molecular flexibility index (Phi) is 3.39. The third-order valence-electron chi connectivity index (χ3n) is 2.55. The molecule has 0 unspecified atom stereocenters. The van der Waals surface area contributed by atoms with Crippen LogP contribution in [0.5, 0.6) is 5.75 Å². The summed E-state index contributed by atoms with van der Waals surface area (Å²) in [6.07, 6.45) is 0.768. The van der Waals surface area contributed by atoms with Gasteiger partial charge in [0.25, 0.3) is 0 Å². The zero-order valence-electron chi connectivity index (χ0n) is 9.88. The average molecular weight is 233 g/mol. The first kappa shape index (κ1) is 11.6. The van der Waals surface area contributed by atoms with E-state index in [4.69, 9.17) is 15.0 Å². The first-order valence-corrected chi connectivity index (χ1v) is 5.48. The van der Waals surface area contributed by atoms with Crippen LogP contribution in [-0.2, 0) is 0 Å². The number of hydrogen-bond acceptors (Lipinski definition) is 5. The molecular weight excluding hydrogens is 218 g/mol. The minimum atomic E-state index is -0.200. The van der Waals surface area contributed by atoms with Crippen molar-refractivity contribution >= 4 is 0 Å². The molecule has 0 aliphatic heterocycles. The molecule has 5 nitrogen and oxygen atoms in total. The molecule has 0 aliphatic carbocycles. The van der Waals surface area contributed by atoms with E-state index in [9.17, 15) is 0 Å². The summed E-state index contributed by atoms with van der Waals surface area (Å²) in [7, 11) is 1.63. The summed E-state index contributed by atoms with van der Waals surface area (Å²) < 4.78 is 10.2. The molecule has 0 amide bonds. The smallest absolute Gasteiger partial charge is 0.243 e. The maximum Gasteiger partial charge on any atom is 0.243 e. The summed E-state index contributed by atoms with van der Waals surface area (Å²) in [5.74, 6) is 1.81. The average Bonchev–Trinajstić information content (AvgIpc) is 2.87. The van der Waals surface area contributed by atoms with Crippen LogP contribution >= 0.6 is 0 Å². The van der Waals surface area contributed by atoms with Crippen molar-refractivity contribution in [3.8, 4) is 17.1 Å². The van der Waals surface area contributed by atoms with Crippen LogP contribution in [-0.4, -0.2) is 17.3 Å². The van der Waals surface area contributed by atoms with Gasteiger partial charge in [-0.15, -0.1) is 0 Å². The van der Waals surface area contributed by atoms with Crippen molar-refractivity contribution in [1.82, 2.24) is 10.1 Å². The van der Waals surface area contributed by atoms with Gasteiger partial charge < -0.3 is 15.0 Å². The van der Waals surface area contributed by atoms with Gasteiger partial charge in [-0.25, -0.2) is 0 Å². The highest BCUT2D eigenvalue weighted by molar-refractivity contribution is 5.55. The summed E-state index contributed by atoms with van der Waals surface area (Å²) in [5.41, 5.74) is 6.69. The number of methoxy groups -OCH3 is 1. The van der Waals surface area contributed by atoms with E-state index in [0.29, 0.717) is 11.7 Å². The topological polar surface area (TPSA) is 74.2 Å².